The molecular formula is C16H24Cl2N2. The molecular weight excluding hydrogens is 291 g/mol. The smallest absolute Gasteiger partial charge is 0.0452 e. The topological polar surface area (TPSA) is 15.3 Å². The second kappa shape index (κ2) is 7.13. The summed E-state index contributed by atoms with van der Waals surface area (Å²) in [6.07, 6.45) is 1.21. The monoisotopic (exact) mass is 314 g/mol. The van der Waals surface area contributed by atoms with Gasteiger partial charge in [0.1, 0.15) is 0 Å². The molecule has 0 radical (unpaired) electrons. The molecule has 112 valence electrons. The van der Waals surface area contributed by atoms with Crippen molar-refractivity contribution in [3.8, 4) is 0 Å². The van der Waals surface area contributed by atoms with Gasteiger partial charge in [0, 0.05) is 41.8 Å². The van der Waals surface area contributed by atoms with Gasteiger partial charge in [-0.1, -0.05) is 37.0 Å². The van der Waals surface area contributed by atoms with Gasteiger partial charge in [-0.3, -0.25) is 4.90 Å². The Morgan fingerprint density at radius 2 is 2.10 bits per heavy atom. The average Bonchev–Trinajstić information content (AvgIpc) is 2.37. The fourth-order valence-electron chi connectivity index (χ4n) is 2.89. The quantitative estimate of drug-likeness (QED) is 0.896. The minimum atomic E-state index is 0.524. The highest BCUT2D eigenvalue weighted by Gasteiger charge is 2.26. The summed E-state index contributed by atoms with van der Waals surface area (Å²) in [7, 11) is 0. The Kier molecular flexibility index (Phi) is 5.74. The average molecular weight is 315 g/mol. The molecule has 0 bridgehead atoms. The van der Waals surface area contributed by atoms with Crippen molar-refractivity contribution in [1.29, 1.82) is 0 Å². The van der Waals surface area contributed by atoms with E-state index < -0.39 is 0 Å². The van der Waals surface area contributed by atoms with Crippen molar-refractivity contribution in [3.05, 3.63) is 33.8 Å². The largest absolute Gasteiger partial charge is 0.311 e. The van der Waals surface area contributed by atoms with E-state index in [9.17, 15) is 0 Å². The number of hydrogen-bond acceptors (Lipinski definition) is 2. The minimum absolute atomic E-state index is 0.524. The molecule has 1 aliphatic rings. The van der Waals surface area contributed by atoms with E-state index in [-0.39, 0.29) is 0 Å². The minimum Gasteiger partial charge on any atom is -0.311 e. The lowest BCUT2D eigenvalue weighted by atomic mass is 9.98. The summed E-state index contributed by atoms with van der Waals surface area (Å²) in [4.78, 5) is 2.54. The highest BCUT2D eigenvalue weighted by molar-refractivity contribution is 6.33. The van der Waals surface area contributed by atoms with Crippen molar-refractivity contribution in [3.63, 3.8) is 0 Å². The lowest BCUT2D eigenvalue weighted by Gasteiger charge is -2.40. The summed E-state index contributed by atoms with van der Waals surface area (Å²) in [5.41, 5.74) is 1.13. The summed E-state index contributed by atoms with van der Waals surface area (Å²) >= 11 is 12.4. The molecule has 2 unspecified atom stereocenters. The summed E-state index contributed by atoms with van der Waals surface area (Å²) in [5, 5.41) is 5.15. The van der Waals surface area contributed by atoms with E-state index in [2.05, 4.69) is 31.0 Å². The van der Waals surface area contributed by atoms with Gasteiger partial charge < -0.3 is 5.32 Å². The summed E-state index contributed by atoms with van der Waals surface area (Å²) in [6, 6.07) is 6.82. The molecule has 2 rings (SSSR count). The van der Waals surface area contributed by atoms with E-state index in [0.717, 1.165) is 35.2 Å². The van der Waals surface area contributed by atoms with Crippen LogP contribution in [0, 0.1) is 5.92 Å². The second-order valence-corrected chi connectivity index (χ2v) is 7.10. The van der Waals surface area contributed by atoms with Gasteiger partial charge in [-0.25, -0.2) is 0 Å². The normalized spacial score (nSPS) is 24.3. The Hall–Kier alpha value is -0.280. The highest BCUT2D eigenvalue weighted by Crippen LogP contribution is 2.25. The first-order valence-corrected chi connectivity index (χ1v) is 8.12. The lowest BCUT2D eigenvalue weighted by molar-refractivity contribution is 0.111. The maximum Gasteiger partial charge on any atom is 0.0452 e. The van der Waals surface area contributed by atoms with Crippen LogP contribution in [0.5, 0.6) is 0 Å². The fraction of sp³-hybridized carbons (Fsp3) is 0.625. The molecule has 1 heterocycles. The molecule has 1 aromatic carbocycles. The number of nitrogens with one attached hydrogen (secondary N) is 1. The predicted molar refractivity (Wildman–Crippen MR) is 87.6 cm³/mol. The van der Waals surface area contributed by atoms with Crippen molar-refractivity contribution < 1.29 is 0 Å². The van der Waals surface area contributed by atoms with Crippen LogP contribution in [0.1, 0.15) is 32.8 Å². The van der Waals surface area contributed by atoms with Gasteiger partial charge >= 0.3 is 0 Å². The van der Waals surface area contributed by atoms with Crippen LogP contribution in [0.4, 0.5) is 0 Å². The molecule has 0 amide bonds. The maximum absolute atomic E-state index is 6.30. The van der Waals surface area contributed by atoms with E-state index >= 15 is 0 Å². The highest BCUT2D eigenvalue weighted by atomic mass is 35.5. The van der Waals surface area contributed by atoms with Crippen LogP contribution in [0.2, 0.25) is 10.0 Å². The molecule has 1 N–H and O–H groups in total. The Morgan fingerprint density at radius 1 is 1.35 bits per heavy atom. The molecule has 2 nitrogen and oxygen atoms in total. The molecule has 0 aromatic heterocycles. The standard InChI is InChI=1S/C16H24Cl2N2/c1-11(2)6-15-8-19-12(3)9-20(15)10-13-7-14(17)4-5-16(13)18/h4-5,7,11-12,15,19H,6,8-10H2,1-3H3. The molecule has 1 fully saturated rings. The summed E-state index contributed by atoms with van der Waals surface area (Å²) in [6.45, 7) is 9.78. The van der Waals surface area contributed by atoms with E-state index in [1.54, 1.807) is 0 Å². The van der Waals surface area contributed by atoms with Crippen molar-refractivity contribution in [2.45, 2.75) is 45.8 Å². The molecule has 1 aliphatic heterocycles. The van der Waals surface area contributed by atoms with Crippen molar-refractivity contribution in [2.75, 3.05) is 13.1 Å². The van der Waals surface area contributed by atoms with Gasteiger partial charge in [-0.2, -0.15) is 0 Å². The van der Waals surface area contributed by atoms with Gasteiger partial charge in [0.25, 0.3) is 0 Å². The second-order valence-electron chi connectivity index (χ2n) is 6.26. The van der Waals surface area contributed by atoms with E-state index in [1.165, 1.54) is 6.42 Å². The Labute approximate surface area is 132 Å². The maximum atomic E-state index is 6.30. The van der Waals surface area contributed by atoms with Crippen LogP contribution in [0.15, 0.2) is 18.2 Å². The number of hydrogen-bond donors (Lipinski definition) is 1. The molecule has 20 heavy (non-hydrogen) atoms. The molecule has 1 saturated heterocycles. The number of halogens is 2. The summed E-state index contributed by atoms with van der Waals surface area (Å²) in [5.74, 6) is 0.701. The first kappa shape index (κ1) is 16.1. The third-order valence-electron chi connectivity index (χ3n) is 3.85. The van der Waals surface area contributed by atoms with Crippen LogP contribution < -0.4 is 5.32 Å². The van der Waals surface area contributed by atoms with Gasteiger partial charge in [0.2, 0.25) is 0 Å². The van der Waals surface area contributed by atoms with Crippen LogP contribution >= 0.6 is 23.2 Å². The van der Waals surface area contributed by atoms with E-state index in [4.69, 9.17) is 23.2 Å². The van der Waals surface area contributed by atoms with Gasteiger partial charge in [-0.15, -0.1) is 0 Å². The molecule has 0 spiro atoms. The van der Waals surface area contributed by atoms with Gasteiger partial charge in [0.05, 0.1) is 0 Å². The number of rotatable bonds is 4. The number of nitrogens with zero attached hydrogens (tertiary/aromatic N) is 1. The number of piperazine rings is 1. The molecule has 0 aliphatic carbocycles. The first-order valence-electron chi connectivity index (χ1n) is 7.37. The van der Waals surface area contributed by atoms with Gasteiger partial charge in [-0.05, 0) is 43.0 Å². The van der Waals surface area contributed by atoms with Gasteiger partial charge in [0.15, 0.2) is 0 Å². The van der Waals surface area contributed by atoms with Crippen LogP contribution in [0.3, 0.4) is 0 Å². The Balaban J connectivity index is 2.12. The van der Waals surface area contributed by atoms with E-state index in [0.29, 0.717) is 18.0 Å². The zero-order valence-corrected chi connectivity index (χ0v) is 14.0. The zero-order chi connectivity index (χ0) is 14.7. The zero-order valence-electron chi connectivity index (χ0n) is 12.5. The molecule has 2 atom stereocenters. The molecule has 0 saturated carbocycles. The predicted octanol–water partition coefficient (Wildman–Crippen LogP) is 4.20. The third-order valence-corrected chi connectivity index (χ3v) is 4.46. The van der Waals surface area contributed by atoms with Crippen molar-refractivity contribution >= 4 is 23.2 Å². The molecule has 1 aromatic rings. The molecule has 4 heteroatoms. The summed E-state index contributed by atoms with van der Waals surface area (Å²) < 4.78 is 0. The van der Waals surface area contributed by atoms with Crippen LogP contribution in [-0.2, 0) is 6.54 Å². The van der Waals surface area contributed by atoms with E-state index in [1.807, 2.05) is 18.2 Å². The third kappa shape index (κ3) is 4.36. The first-order chi connectivity index (χ1) is 9.45. The Morgan fingerprint density at radius 3 is 2.80 bits per heavy atom. The number of benzene rings is 1. The fourth-order valence-corrected chi connectivity index (χ4v) is 3.26. The SMILES string of the molecule is CC(C)CC1CNC(C)CN1Cc1cc(Cl)ccc1Cl. The van der Waals surface area contributed by atoms with Crippen LogP contribution in [0.25, 0.3) is 0 Å². The van der Waals surface area contributed by atoms with Crippen molar-refractivity contribution in [2.24, 2.45) is 5.92 Å². The van der Waals surface area contributed by atoms with Crippen molar-refractivity contribution in [1.82, 2.24) is 10.2 Å². The Bertz CT molecular complexity index is 448. The van der Waals surface area contributed by atoms with Crippen LogP contribution in [-0.4, -0.2) is 30.1 Å². The lowest BCUT2D eigenvalue weighted by Crippen LogP contribution is -2.55.